The Balaban J connectivity index is -0.000000291. The van der Waals surface area contributed by atoms with Crippen molar-refractivity contribution in [1.29, 1.82) is 0 Å². The average Bonchev–Trinajstić information content (AvgIpc) is 2.56. The molecular formula is C18H32O4S2Sn. The van der Waals surface area contributed by atoms with Gasteiger partial charge in [-0.05, 0) is 0 Å². The van der Waals surface area contributed by atoms with E-state index in [1.807, 2.05) is 0 Å². The van der Waals surface area contributed by atoms with Crippen molar-refractivity contribution in [2.24, 2.45) is 0 Å². The van der Waals surface area contributed by atoms with Crippen LogP contribution >= 0.6 is 23.5 Å². The second-order valence-corrected chi connectivity index (χ2v) is 11.2. The minimum absolute atomic E-state index is 0.0615. The van der Waals surface area contributed by atoms with Crippen LogP contribution in [0.5, 0.6) is 0 Å². The third-order valence-electron chi connectivity index (χ3n) is 2.33. The molecule has 4 nitrogen and oxygen atoms in total. The summed E-state index contributed by atoms with van der Waals surface area (Å²) in [5.74, 6) is -0.561. The zero-order chi connectivity index (χ0) is 19.8. The first-order valence-corrected chi connectivity index (χ1v) is 14.8. The van der Waals surface area contributed by atoms with E-state index < -0.39 is 11.9 Å². The van der Waals surface area contributed by atoms with Gasteiger partial charge in [0.05, 0.1) is 11.9 Å². The van der Waals surface area contributed by atoms with E-state index in [0.717, 1.165) is 0 Å². The van der Waals surface area contributed by atoms with Gasteiger partial charge in [-0.25, -0.2) is 0 Å². The number of carboxylic acids is 2. The molecule has 0 aromatic carbocycles. The molecule has 0 bridgehead atoms. The summed E-state index contributed by atoms with van der Waals surface area (Å²) in [6, 6.07) is 0. The number of carbonyl (C=O) groups is 2. The number of thioether (sulfide) groups is 2. The SMILES string of the molecule is C=CCSCC(=O)[O-].C=CCSCC(=O)[O-].CCC[CH2][Sn+2][CH2]CCC. The van der Waals surface area contributed by atoms with Crippen molar-refractivity contribution in [3.8, 4) is 0 Å². The summed E-state index contributed by atoms with van der Waals surface area (Å²) in [5.41, 5.74) is 0. The molecule has 0 aliphatic rings. The quantitative estimate of drug-likeness (QED) is 0.209. The first kappa shape index (κ1) is 29.7. The molecule has 0 aromatic rings. The molecule has 0 saturated carbocycles. The number of hydrogen-bond acceptors (Lipinski definition) is 6. The normalized spacial score (nSPS) is 8.72. The molecule has 0 aliphatic carbocycles. The fraction of sp³-hybridized carbons (Fsp3) is 0.667. The Hall–Kier alpha value is -0.0813. The first-order valence-electron chi connectivity index (χ1n) is 8.43. The number of aliphatic carboxylic acids is 2. The Morgan fingerprint density at radius 1 is 0.880 bits per heavy atom. The summed E-state index contributed by atoms with van der Waals surface area (Å²) in [5, 5.41) is 19.4. The van der Waals surface area contributed by atoms with Crippen LogP contribution in [0.25, 0.3) is 0 Å². The summed E-state index contributed by atoms with van der Waals surface area (Å²) in [6.07, 6.45) is 9.16. The van der Waals surface area contributed by atoms with Crippen LogP contribution in [0.2, 0.25) is 8.87 Å². The molecule has 0 heterocycles. The number of carboxylic acid groups (broad SMARTS) is 2. The minimum atomic E-state index is -1.02. The van der Waals surface area contributed by atoms with E-state index in [4.69, 9.17) is 0 Å². The molecule has 0 N–H and O–H groups in total. The van der Waals surface area contributed by atoms with Gasteiger partial charge in [0.25, 0.3) is 0 Å². The van der Waals surface area contributed by atoms with Gasteiger partial charge in [-0.2, -0.15) is 23.5 Å². The molecule has 0 amide bonds. The topological polar surface area (TPSA) is 80.3 Å². The zero-order valence-electron chi connectivity index (χ0n) is 15.6. The van der Waals surface area contributed by atoms with Crippen molar-refractivity contribution in [3.63, 3.8) is 0 Å². The van der Waals surface area contributed by atoms with Crippen LogP contribution < -0.4 is 10.2 Å². The second-order valence-electron chi connectivity index (χ2n) is 4.81. The summed E-state index contributed by atoms with van der Waals surface area (Å²) >= 11 is 2.71. The Morgan fingerprint density at radius 2 is 1.24 bits per heavy atom. The van der Waals surface area contributed by atoms with Crippen LogP contribution in [0.3, 0.4) is 0 Å². The van der Waals surface area contributed by atoms with Crippen molar-refractivity contribution in [3.05, 3.63) is 25.3 Å². The molecule has 0 aliphatic heterocycles. The van der Waals surface area contributed by atoms with Crippen molar-refractivity contribution in [2.45, 2.75) is 48.4 Å². The molecule has 0 unspecified atom stereocenters. The van der Waals surface area contributed by atoms with E-state index in [9.17, 15) is 19.8 Å². The summed E-state index contributed by atoms with van der Waals surface area (Å²) in [6.45, 7) is 11.4. The monoisotopic (exact) mass is 496 g/mol. The first-order chi connectivity index (χ1) is 12.0. The van der Waals surface area contributed by atoms with E-state index >= 15 is 0 Å². The molecular weight excluding hydrogens is 463 g/mol. The summed E-state index contributed by atoms with van der Waals surface area (Å²) < 4.78 is 3.25. The maximum absolute atomic E-state index is 9.71. The molecule has 0 saturated heterocycles. The number of hydrogen-bond donors (Lipinski definition) is 0. The Labute approximate surface area is 172 Å². The summed E-state index contributed by atoms with van der Waals surface area (Å²) in [4.78, 5) is 19.4. The molecule has 144 valence electrons. The van der Waals surface area contributed by atoms with E-state index in [1.165, 1.54) is 49.2 Å². The van der Waals surface area contributed by atoms with Crippen LogP contribution in [0, 0.1) is 0 Å². The van der Waals surface area contributed by atoms with Gasteiger partial charge in [0.1, 0.15) is 0 Å². The fourth-order valence-electron chi connectivity index (χ4n) is 1.18. The second kappa shape index (κ2) is 28.7. The van der Waals surface area contributed by atoms with Gasteiger partial charge in [-0.3, -0.25) is 0 Å². The maximum atomic E-state index is 9.71. The van der Waals surface area contributed by atoms with Crippen LogP contribution in [-0.4, -0.2) is 56.1 Å². The van der Waals surface area contributed by atoms with Gasteiger partial charge in [0, 0.05) is 23.0 Å². The van der Waals surface area contributed by atoms with Crippen LogP contribution in [0.15, 0.2) is 25.3 Å². The van der Waals surface area contributed by atoms with E-state index in [2.05, 4.69) is 27.0 Å². The molecule has 0 fully saturated rings. The number of carbonyl (C=O) groups excluding carboxylic acids is 2. The van der Waals surface area contributed by atoms with Crippen molar-refractivity contribution in [2.75, 3.05) is 23.0 Å². The van der Waals surface area contributed by atoms with Crippen molar-refractivity contribution >= 4 is 56.6 Å². The van der Waals surface area contributed by atoms with E-state index in [-0.39, 0.29) is 32.6 Å². The van der Waals surface area contributed by atoms with E-state index in [1.54, 1.807) is 21.0 Å². The third-order valence-corrected chi connectivity index (χ3v) is 8.18. The van der Waals surface area contributed by atoms with Crippen molar-refractivity contribution in [1.82, 2.24) is 0 Å². The molecule has 0 spiro atoms. The average molecular weight is 495 g/mol. The van der Waals surface area contributed by atoms with Gasteiger partial charge >= 0.3 is 69.5 Å². The molecule has 7 heteroatoms. The summed E-state index contributed by atoms with van der Waals surface area (Å²) in [7, 11) is 0. The number of rotatable bonds is 14. The molecule has 0 rings (SSSR count). The standard InChI is InChI=1S/2C5H8O2S.2C4H9.Sn/c2*1-2-3-8-4-5(6)7;2*1-3-4-2;/h2*2H,1,3-4H2,(H,6,7);2*1,3-4H2,2H3;/q;;;;+2/p-2. The van der Waals surface area contributed by atoms with Crippen LogP contribution in [0.4, 0.5) is 0 Å². The predicted molar refractivity (Wildman–Crippen MR) is 110 cm³/mol. The van der Waals surface area contributed by atoms with Crippen molar-refractivity contribution < 1.29 is 19.8 Å². The van der Waals surface area contributed by atoms with Gasteiger partial charge in [0.15, 0.2) is 0 Å². The molecule has 25 heavy (non-hydrogen) atoms. The molecule has 0 radical (unpaired) electrons. The molecule has 0 aromatic heterocycles. The molecule has 0 atom stereocenters. The predicted octanol–water partition coefficient (Wildman–Crippen LogP) is 2.44. The van der Waals surface area contributed by atoms with Gasteiger partial charge in [-0.1, -0.05) is 12.2 Å². The van der Waals surface area contributed by atoms with Crippen LogP contribution in [-0.2, 0) is 9.59 Å². The Kier molecular flexibility index (Phi) is 34.1. The van der Waals surface area contributed by atoms with E-state index in [0.29, 0.717) is 11.5 Å². The van der Waals surface area contributed by atoms with Gasteiger partial charge in [0.2, 0.25) is 0 Å². The number of unbranched alkanes of at least 4 members (excludes halogenated alkanes) is 2. The fourth-order valence-corrected chi connectivity index (χ4v) is 6.24. The Morgan fingerprint density at radius 3 is 1.48 bits per heavy atom. The van der Waals surface area contributed by atoms with Crippen LogP contribution in [0.1, 0.15) is 39.5 Å². The van der Waals surface area contributed by atoms with Gasteiger partial charge in [-0.15, -0.1) is 13.2 Å². The Bertz CT molecular complexity index is 296. The van der Waals surface area contributed by atoms with Gasteiger partial charge < -0.3 is 19.8 Å². The third kappa shape index (κ3) is 45.3. The zero-order valence-corrected chi connectivity index (χ0v) is 20.1.